The lowest BCUT2D eigenvalue weighted by atomic mass is 10.2. The van der Waals surface area contributed by atoms with Gasteiger partial charge in [0.1, 0.15) is 5.75 Å². The molecule has 7 heteroatoms. The number of aromatic nitrogens is 1. The topological polar surface area (TPSA) is 77.2 Å². The molecular formula is C14H14BrN3O2S. The number of anilines is 2. The van der Waals surface area contributed by atoms with Crippen LogP contribution in [0.5, 0.6) is 5.75 Å². The number of hydrogen-bond donors (Lipinski definition) is 2. The van der Waals surface area contributed by atoms with Gasteiger partial charge in [-0.2, -0.15) is 0 Å². The zero-order valence-corrected chi connectivity index (χ0v) is 13.7. The van der Waals surface area contributed by atoms with Gasteiger partial charge in [-0.1, -0.05) is 11.8 Å². The molecule has 5 nitrogen and oxygen atoms in total. The molecule has 0 radical (unpaired) electrons. The van der Waals surface area contributed by atoms with Crippen LogP contribution < -0.4 is 15.8 Å². The number of nitrogens with zero attached hydrogens (tertiary/aromatic N) is 1. The molecule has 0 aliphatic carbocycles. The SMILES string of the molecule is COc1ccc(NC(=O)CSc2ccc(Br)cn2)c(N)c1. The zero-order valence-electron chi connectivity index (χ0n) is 11.3. The maximum atomic E-state index is 11.9. The molecule has 21 heavy (non-hydrogen) atoms. The number of nitrogen functional groups attached to an aromatic ring is 1. The Morgan fingerprint density at radius 2 is 2.24 bits per heavy atom. The molecule has 0 aliphatic rings. The molecule has 2 aromatic rings. The Labute approximate surface area is 135 Å². The van der Waals surface area contributed by atoms with Crippen LogP contribution in [0.3, 0.4) is 0 Å². The van der Waals surface area contributed by atoms with Crippen LogP contribution in [-0.2, 0) is 4.79 Å². The van der Waals surface area contributed by atoms with E-state index in [1.54, 1.807) is 31.5 Å². The molecule has 1 heterocycles. The van der Waals surface area contributed by atoms with E-state index in [0.717, 1.165) is 9.50 Å². The quantitative estimate of drug-likeness (QED) is 0.626. The van der Waals surface area contributed by atoms with Gasteiger partial charge in [-0.15, -0.1) is 0 Å². The first kappa shape index (κ1) is 15.7. The van der Waals surface area contributed by atoms with Crippen molar-refractivity contribution in [1.29, 1.82) is 0 Å². The lowest BCUT2D eigenvalue weighted by molar-refractivity contribution is -0.113. The molecular weight excluding hydrogens is 354 g/mol. The number of thioether (sulfide) groups is 1. The molecule has 3 N–H and O–H groups in total. The number of nitrogens with one attached hydrogen (secondary N) is 1. The smallest absolute Gasteiger partial charge is 0.234 e. The highest BCUT2D eigenvalue weighted by Crippen LogP contribution is 2.24. The van der Waals surface area contributed by atoms with Crippen LogP contribution in [0, 0.1) is 0 Å². The third-order valence-electron chi connectivity index (χ3n) is 2.58. The van der Waals surface area contributed by atoms with Crippen molar-refractivity contribution < 1.29 is 9.53 Å². The molecule has 0 spiro atoms. The van der Waals surface area contributed by atoms with E-state index in [1.165, 1.54) is 11.8 Å². The van der Waals surface area contributed by atoms with Gasteiger partial charge in [-0.25, -0.2) is 4.98 Å². The number of benzene rings is 1. The number of ether oxygens (including phenoxy) is 1. The molecule has 0 saturated carbocycles. The fraction of sp³-hybridized carbons (Fsp3) is 0.143. The summed E-state index contributed by atoms with van der Waals surface area (Å²) in [6.45, 7) is 0. The van der Waals surface area contributed by atoms with Crippen LogP contribution in [0.15, 0.2) is 46.0 Å². The van der Waals surface area contributed by atoms with E-state index in [9.17, 15) is 4.79 Å². The highest BCUT2D eigenvalue weighted by Gasteiger charge is 2.07. The van der Waals surface area contributed by atoms with Gasteiger partial charge in [-0.05, 0) is 40.2 Å². The van der Waals surface area contributed by atoms with Gasteiger partial charge in [0, 0.05) is 16.7 Å². The maximum Gasteiger partial charge on any atom is 0.234 e. The highest BCUT2D eigenvalue weighted by atomic mass is 79.9. The molecule has 0 aliphatic heterocycles. The summed E-state index contributed by atoms with van der Waals surface area (Å²) < 4.78 is 5.97. The fourth-order valence-corrected chi connectivity index (χ4v) is 2.43. The summed E-state index contributed by atoms with van der Waals surface area (Å²) in [5.74, 6) is 0.778. The summed E-state index contributed by atoms with van der Waals surface area (Å²) in [4.78, 5) is 16.1. The lowest BCUT2D eigenvalue weighted by Gasteiger charge is -2.09. The minimum absolute atomic E-state index is 0.137. The van der Waals surface area contributed by atoms with Crippen LogP contribution in [0.1, 0.15) is 0 Å². The Kier molecular flexibility index (Phi) is 5.46. The van der Waals surface area contributed by atoms with Gasteiger partial charge >= 0.3 is 0 Å². The van der Waals surface area contributed by atoms with Crippen molar-refractivity contribution in [3.05, 3.63) is 41.0 Å². The van der Waals surface area contributed by atoms with Gasteiger partial charge in [0.05, 0.1) is 29.3 Å². The van der Waals surface area contributed by atoms with Crippen molar-refractivity contribution in [2.75, 3.05) is 23.9 Å². The van der Waals surface area contributed by atoms with Crippen LogP contribution >= 0.6 is 27.7 Å². The number of pyridine rings is 1. The van der Waals surface area contributed by atoms with E-state index in [0.29, 0.717) is 17.1 Å². The molecule has 0 atom stereocenters. The van der Waals surface area contributed by atoms with Gasteiger partial charge < -0.3 is 15.8 Å². The third kappa shape index (κ3) is 4.64. The summed E-state index contributed by atoms with van der Waals surface area (Å²) in [5.41, 5.74) is 6.89. The summed E-state index contributed by atoms with van der Waals surface area (Å²) in [6.07, 6.45) is 1.70. The van der Waals surface area contributed by atoms with Crippen LogP contribution in [0.25, 0.3) is 0 Å². The van der Waals surface area contributed by atoms with E-state index < -0.39 is 0 Å². The van der Waals surface area contributed by atoms with E-state index in [4.69, 9.17) is 10.5 Å². The molecule has 2 rings (SSSR count). The number of nitrogens with two attached hydrogens (primary N) is 1. The van der Waals surface area contributed by atoms with Gasteiger partial charge in [-0.3, -0.25) is 4.79 Å². The average Bonchev–Trinajstić information content (AvgIpc) is 2.48. The van der Waals surface area contributed by atoms with Crippen molar-refractivity contribution >= 4 is 45.0 Å². The number of hydrogen-bond acceptors (Lipinski definition) is 5. The predicted molar refractivity (Wildman–Crippen MR) is 88.7 cm³/mol. The van der Waals surface area contributed by atoms with E-state index in [-0.39, 0.29) is 11.7 Å². The van der Waals surface area contributed by atoms with Crippen LogP contribution in [0.4, 0.5) is 11.4 Å². The number of halogens is 1. The minimum Gasteiger partial charge on any atom is -0.497 e. The van der Waals surface area contributed by atoms with Gasteiger partial charge in [0.2, 0.25) is 5.91 Å². The number of carbonyl (C=O) groups excluding carboxylic acids is 1. The largest absolute Gasteiger partial charge is 0.497 e. The van der Waals surface area contributed by atoms with Crippen molar-refractivity contribution in [1.82, 2.24) is 4.98 Å². The molecule has 0 unspecified atom stereocenters. The lowest BCUT2D eigenvalue weighted by Crippen LogP contribution is -2.15. The monoisotopic (exact) mass is 367 g/mol. The molecule has 0 fully saturated rings. The first-order valence-electron chi connectivity index (χ1n) is 6.06. The van der Waals surface area contributed by atoms with Gasteiger partial charge in [0.25, 0.3) is 0 Å². The molecule has 0 bridgehead atoms. The molecule has 0 saturated heterocycles. The Bertz CT molecular complexity index is 635. The summed E-state index contributed by atoms with van der Waals surface area (Å²) in [6, 6.07) is 8.86. The second-order valence-electron chi connectivity index (χ2n) is 4.10. The number of amides is 1. The molecule has 1 amide bonds. The number of rotatable bonds is 5. The third-order valence-corrected chi connectivity index (χ3v) is 4.00. The number of carbonyl (C=O) groups is 1. The Morgan fingerprint density at radius 3 is 2.86 bits per heavy atom. The van der Waals surface area contributed by atoms with Crippen LogP contribution in [-0.4, -0.2) is 23.8 Å². The summed E-state index contributed by atoms with van der Waals surface area (Å²) in [5, 5.41) is 3.55. The second-order valence-corrected chi connectivity index (χ2v) is 6.02. The first-order valence-corrected chi connectivity index (χ1v) is 7.84. The predicted octanol–water partition coefficient (Wildman–Crippen LogP) is 3.17. The minimum atomic E-state index is -0.137. The Morgan fingerprint density at radius 1 is 1.43 bits per heavy atom. The van der Waals surface area contributed by atoms with Gasteiger partial charge in [0.15, 0.2) is 0 Å². The van der Waals surface area contributed by atoms with Crippen molar-refractivity contribution in [3.8, 4) is 5.75 Å². The molecule has 1 aromatic heterocycles. The molecule has 110 valence electrons. The number of methoxy groups -OCH3 is 1. The van der Waals surface area contributed by atoms with Crippen molar-refractivity contribution in [2.24, 2.45) is 0 Å². The fourth-order valence-electron chi connectivity index (χ4n) is 1.56. The Hall–Kier alpha value is -1.73. The normalized spacial score (nSPS) is 10.2. The first-order chi connectivity index (χ1) is 10.1. The average molecular weight is 368 g/mol. The van der Waals surface area contributed by atoms with Crippen molar-refractivity contribution in [2.45, 2.75) is 5.03 Å². The van der Waals surface area contributed by atoms with E-state index >= 15 is 0 Å². The van der Waals surface area contributed by atoms with E-state index in [1.807, 2.05) is 12.1 Å². The Balaban J connectivity index is 1.91. The van der Waals surface area contributed by atoms with Crippen LogP contribution in [0.2, 0.25) is 0 Å². The van der Waals surface area contributed by atoms with Crippen molar-refractivity contribution in [3.63, 3.8) is 0 Å². The second kappa shape index (κ2) is 7.33. The van der Waals surface area contributed by atoms with E-state index in [2.05, 4.69) is 26.2 Å². The highest BCUT2D eigenvalue weighted by molar-refractivity contribution is 9.10. The standard InChI is InChI=1S/C14H14BrN3O2S/c1-20-10-3-4-12(11(16)6-10)18-13(19)8-21-14-5-2-9(15)7-17-14/h2-7H,8,16H2,1H3,(H,18,19). The summed E-state index contributed by atoms with van der Waals surface area (Å²) in [7, 11) is 1.56. The maximum absolute atomic E-state index is 11.9. The molecule has 1 aromatic carbocycles. The summed E-state index contributed by atoms with van der Waals surface area (Å²) >= 11 is 4.67. The zero-order chi connectivity index (χ0) is 15.2.